The summed E-state index contributed by atoms with van der Waals surface area (Å²) in [5, 5.41) is 11.1. The molecule has 126 valence electrons. The predicted molar refractivity (Wildman–Crippen MR) is 88.4 cm³/mol. The summed E-state index contributed by atoms with van der Waals surface area (Å²) >= 11 is 0. The maximum Gasteiger partial charge on any atom is 0.219 e. The topological polar surface area (TPSA) is 53.0 Å². The van der Waals surface area contributed by atoms with Crippen LogP contribution in [0.25, 0.3) is 0 Å². The van der Waals surface area contributed by atoms with Crippen LogP contribution in [0.4, 0.5) is 0 Å². The van der Waals surface area contributed by atoms with Gasteiger partial charge in [-0.1, -0.05) is 24.6 Å². The van der Waals surface area contributed by atoms with Crippen LogP contribution in [0.15, 0.2) is 30.3 Å². The minimum Gasteiger partial charge on any atom is -0.490 e. The van der Waals surface area contributed by atoms with Crippen LogP contribution in [0.5, 0.6) is 5.75 Å². The maximum absolute atomic E-state index is 11.8. The number of aliphatic hydroxyl groups is 1. The first kappa shape index (κ1) is 16.3. The average Bonchev–Trinajstić information content (AvgIpc) is 2.65. The maximum atomic E-state index is 11.8. The molecule has 1 N–H and O–H groups in total. The van der Waals surface area contributed by atoms with Gasteiger partial charge in [-0.15, -0.1) is 0 Å². The quantitative estimate of drug-likeness (QED) is 0.914. The van der Waals surface area contributed by atoms with Gasteiger partial charge in [0, 0.05) is 32.6 Å². The summed E-state index contributed by atoms with van der Waals surface area (Å²) in [7, 11) is 0. The molecule has 3 rings (SSSR count). The number of β-amino-alcohol motifs (C(OH)–C–C–N with tert-alkyl or cyclic N) is 1. The van der Waals surface area contributed by atoms with Crippen LogP contribution in [0, 0.1) is 0 Å². The summed E-state index contributed by atoms with van der Waals surface area (Å²) in [5.41, 5.74) is -1.03. The zero-order chi connectivity index (χ0) is 16.3. The fraction of sp³-hybridized carbons (Fsp3) is 0.611. The third-order valence-electron chi connectivity index (χ3n) is 4.93. The Morgan fingerprint density at radius 2 is 2.00 bits per heavy atom. The molecule has 1 aromatic carbocycles. The second-order valence-electron chi connectivity index (χ2n) is 6.82. The van der Waals surface area contributed by atoms with E-state index in [1.54, 1.807) is 11.8 Å². The molecule has 1 saturated heterocycles. The van der Waals surface area contributed by atoms with Crippen molar-refractivity contribution in [3.8, 4) is 5.75 Å². The Morgan fingerprint density at radius 3 is 2.61 bits per heavy atom. The van der Waals surface area contributed by atoms with E-state index in [1.807, 2.05) is 30.3 Å². The standard InChI is InChI=1S/C18H26N2O3/c1-15(21)19-10-11-20(16-6-5-7-16)13-18(22,12-19)14-23-17-8-3-2-4-9-17/h2-4,8-9,16,22H,5-7,10-14H2,1H3. The molecule has 0 bridgehead atoms. The highest BCUT2D eigenvalue weighted by Gasteiger charge is 2.39. The van der Waals surface area contributed by atoms with Crippen molar-refractivity contribution in [3.63, 3.8) is 0 Å². The minimum atomic E-state index is -1.03. The highest BCUT2D eigenvalue weighted by atomic mass is 16.5. The number of ether oxygens (including phenoxy) is 1. The normalized spacial score (nSPS) is 26.4. The molecule has 0 aromatic heterocycles. The fourth-order valence-corrected chi connectivity index (χ4v) is 3.35. The lowest BCUT2D eigenvalue weighted by Gasteiger charge is -2.40. The molecule has 0 radical (unpaired) electrons. The molecule has 1 saturated carbocycles. The lowest BCUT2D eigenvalue weighted by molar-refractivity contribution is -0.132. The molecule has 23 heavy (non-hydrogen) atoms. The monoisotopic (exact) mass is 318 g/mol. The van der Waals surface area contributed by atoms with E-state index in [2.05, 4.69) is 4.90 Å². The Labute approximate surface area is 137 Å². The van der Waals surface area contributed by atoms with Gasteiger partial charge in [0.1, 0.15) is 18.0 Å². The molecule has 1 aromatic rings. The van der Waals surface area contributed by atoms with Crippen molar-refractivity contribution in [1.82, 2.24) is 9.80 Å². The van der Waals surface area contributed by atoms with Gasteiger partial charge >= 0.3 is 0 Å². The molecule has 5 nitrogen and oxygen atoms in total. The largest absolute Gasteiger partial charge is 0.490 e. The smallest absolute Gasteiger partial charge is 0.219 e. The SMILES string of the molecule is CC(=O)N1CCN(C2CCC2)CC(O)(COc2ccccc2)C1. The summed E-state index contributed by atoms with van der Waals surface area (Å²) in [5.74, 6) is 0.758. The van der Waals surface area contributed by atoms with Crippen LogP contribution >= 0.6 is 0 Å². The third-order valence-corrected chi connectivity index (χ3v) is 4.93. The van der Waals surface area contributed by atoms with E-state index < -0.39 is 5.60 Å². The summed E-state index contributed by atoms with van der Waals surface area (Å²) in [6.07, 6.45) is 3.64. The summed E-state index contributed by atoms with van der Waals surface area (Å²) < 4.78 is 5.80. The van der Waals surface area contributed by atoms with Crippen molar-refractivity contribution in [2.24, 2.45) is 0 Å². The molecule has 1 aliphatic carbocycles. The second kappa shape index (κ2) is 6.89. The van der Waals surface area contributed by atoms with Gasteiger partial charge in [0.25, 0.3) is 0 Å². The van der Waals surface area contributed by atoms with Gasteiger partial charge in [0.2, 0.25) is 5.91 Å². The number of nitrogens with zero attached hydrogens (tertiary/aromatic N) is 2. The van der Waals surface area contributed by atoms with E-state index >= 15 is 0 Å². The first-order valence-electron chi connectivity index (χ1n) is 8.46. The van der Waals surface area contributed by atoms with Crippen LogP contribution in [0.2, 0.25) is 0 Å². The number of para-hydroxylation sites is 1. The fourth-order valence-electron chi connectivity index (χ4n) is 3.35. The molecule has 2 fully saturated rings. The van der Waals surface area contributed by atoms with Crippen LogP contribution < -0.4 is 4.74 Å². The zero-order valence-corrected chi connectivity index (χ0v) is 13.8. The molecule has 5 heteroatoms. The third kappa shape index (κ3) is 4.03. The molecule has 1 amide bonds. The first-order valence-corrected chi connectivity index (χ1v) is 8.46. The number of hydrogen-bond donors (Lipinski definition) is 1. The van der Waals surface area contributed by atoms with Crippen LogP contribution in [0.3, 0.4) is 0 Å². The van der Waals surface area contributed by atoms with Crippen molar-refractivity contribution in [1.29, 1.82) is 0 Å². The Balaban J connectivity index is 1.70. The van der Waals surface area contributed by atoms with Gasteiger partial charge in [0.05, 0.1) is 6.54 Å². The molecule has 1 aliphatic heterocycles. The Morgan fingerprint density at radius 1 is 1.26 bits per heavy atom. The Hall–Kier alpha value is -1.59. The number of amides is 1. The first-order chi connectivity index (χ1) is 11.1. The highest BCUT2D eigenvalue weighted by molar-refractivity contribution is 5.73. The number of benzene rings is 1. The highest BCUT2D eigenvalue weighted by Crippen LogP contribution is 2.28. The Bertz CT molecular complexity index is 532. The van der Waals surface area contributed by atoms with Gasteiger partial charge in [-0.25, -0.2) is 0 Å². The van der Waals surface area contributed by atoms with Gasteiger partial charge in [-0.3, -0.25) is 9.69 Å². The molecule has 0 spiro atoms. The van der Waals surface area contributed by atoms with Crippen molar-refractivity contribution in [2.75, 3.05) is 32.8 Å². The van der Waals surface area contributed by atoms with E-state index in [0.29, 0.717) is 25.7 Å². The van der Waals surface area contributed by atoms with Gasteiger partial charge < -0.3 is 14.7 Å². The second-order valence-corrected chi connectivity index (χ2v) is 6.82. The van der Waals surface area contributed by atoms with E-state index in [0.717, 1.165) is 12.3 Å². The van der Waals surface area contributed by atoms with E-state index in [1.165, 1.54) is 19.3 Å². The minimum absolute atomic E-state index is 0.0126. The van der Waals surface area contributed by atoms with Crippen molar-refractivity contribution in [3.05, 3.63) is 30.3 Å². The number of rotatable bonds is 4. The summed E-state index contributed by atoms with van der Waals surface area (Å²) in [6, 6.07) is 10.1. The lowest BCUT2D eigenvalue weighted by atomic mass is 9.90. The summed E-state index contributed by atoms with van der Waals surface area (Å²) in [4.78, 5) is 15.9. The molecule has 2 aliphatic rings. The predicted octanol–water partition coefficient (Wildman–Crippen LogP) is 1.51. The Kier molecular flexibility index (Phi) is 4.87. The molecular weight excluding hydrogens is 292 g/mol. The zero-order valence-electron chi connectivity index (χ0n) is 13.8. The number of carbonyl (C=O) groups is 1. The average molecular weight is 318 g/mol. The van der Waals surface area contributed by atoms with Crippen molar-refractivity contribution < 1.29 is 14.6 Å². The van der Waals surface area contributed by atoms with Crippen molar-refractivity contribution >= 4 is 5.91 Å². The van der Waals surface area contributed by atoms with Crippen LogP contribution in [-0.2, 0) is 4.79 Å². The van der Waals surface area contributed by atoms with E-state index in [-0.39, 0.29) is 12.5 Å². The van der Waals surface area contributed by atoms with Crippen molar-refractivity contribution in [2.45, 2.75) is 37.8 Å². The molecule has 1 unspecified atom stereocenters. The molecule has 1 atom stereocenters. The summed E-state index contributed by atoms with van der Waals surface area (Å²) in [6.45, 7) is 4.17. The number of carbonyl (C=O) groups excluding carboxylic acids is 1. The van der Waals surface area contributed by atoms with Crippen LogP contribution in [-0.4, -0.2) is 65.2 Å². The van der Waals surface area contributed by atoms with Crippen LogP contribution in [0.1, 0.15) is 26.2 Å². The van der Waals surface area contributed by atoms with Gasteiger partial charge in [-0.05, 0) is 25.0 Å². The molecule has 1 heterocycles. The van der Waals surface area contributed by atoms with E-state index in [4.69, 9.17) is 4.74 Å². The number of hydrogen-bond acceptors (Lipinski definition) is 4. The van der Waals surface area contributed by atoms with Gasteiger partial charge in [-0.2, -0.15) is 0 Å². The van der Waals surface area contributed by atoms with Gasteiger partial charge in [0.15, 0.2) is 0 Å². The lowest BCUT2D eigenvalue weighted by Crippen LogP contribution is -2.54. The van der Waals surface area contributed by atoms with E-state index in [9.17, 15) is 9.90 Å². The molecular formula is C18H26N2O3.